The maximum Gasteiger partial charge on any atom is 0.149 e. The predicted octanol–water partition coefficient (Wildman–Crippen LogP) is 2.07. The summed E-state index contributed by atoms with van der Waals surface area (Å²) in [4.78, 5) is 5.96. The van der Waals surface area contributed by atoms with Crippen LogP contribution in [0.3, 0.4) is 0 Å². The summed E-state index contributed by atoms with van der Waals surface area (Å²) < 4.78 is 0. The fourth-order valence-corrected chi connectivity index (χ4v) is 1.46. The van der Waals surface area contributed by atoms with Gasteiger partial charge < -0.3 is 4.90 Å². The molecule has 0 saturated carbocycles. The highest BCUT2D eigenvalue weighted by Gasteiger charge is 2.12. The van der Waals surface area contributed by atoms with E-state index < -0.39 is 0 Å². The Balaban J connectivity index is 3.14. The molecular formula is C11H10ClN3. The molecule has 4 heteroatoms. The van der Waals surface area contributed by atoms with Crippen LogP contribution in [0.15, 0.2) is 12.3 Å². The van der Waals surface area contributed by atoms with Crippen LogP contribution in [0.25, 0.3) is 0 Å². The van der Waals surface area contributed by atoms with Crippen molar-refractivity contribution in [3.63, 3.8) is 0 Å². The molecule has 76 valence electrons. The first-order chi connectivity index (χ1) is 7.24. The Labute approximate surface area is 94.3 Å². The average molecular weight is 220 g/mol. The smallest absolute Gasteiger partial charge is 0.149 e. The van der Waals surface area contributed by atoms with Crippen molar-refractivity contribution in [2.24, 2.45) is 0 Å². The minimum Gasteiger partial charge on any atom is -0.344 e. The fraction of sp³-hybridized carbons (Fsp3) is 0.273. The number of terminal acetylenes is 1. The van der Waals surface area contributed by atoms with Crippen LogP contribution in [0.1, 0.15) is 12.5 Å². The lowest BCUT2D eigenvalue weighted by Crippen LogP contribution is -2.24. The van der Waals surface area contributed by atoms with E-state index in [4.69, 9.17) is 23.3 Å². The molecular weight excluding hydrogens is 210 g/mol. The molecule has 0 fully saturated rings. The molecule has 1 aromatic rings. The number of nitriles is 1. The summed E-state index contributed by atoms with van der Waals surface area (Å²) >= 11 is 6.02. The van der Waals surface area contributed by atoms with Crippen LogP contribution >= 0.6 is 11.6 Å². The van der Waals surface area contributed by atoms with Gasteiger partial charge in [0.15, 0.2) is 0 Å². The van der Waals surface area contributed by atoms with E-state index in [0.29, 0.717) is 29.5 Å². The van der Waals surface area contributed by atoms with Gasteiger partial charge in [-0.3, -0.25) is 0 Å². The SMILES string of the molecule is C#CCN(CC)c1nccc(C#N)c1Cl. The van der Waals surface area contributed by atoms with Gasteiger partial charge >= 0.3 is 0 Å². The van der Waals surface area contributed by atoms with E-state index in [2.05, 4.69) is 10.9 Å². The molecule has 0 bridgehead atoms. The topological polar surface area (TPSA) is 39.9 Å². The van der Waals surface area contributed by atoms with Crippen molar-refractivity contribution in [3.8, 4) is 18.4 Å². The zero-order chi connectivity index (χ0) is 11.3. The van der Waals surface area contributed by atoms with Crippen LogP contribution in [-0.2, 0) is 0 Å². The standard InChI is InChI=1S/C11H10ClN3/c1-3-7-15(4-2)11-10(12)9(8-13)5-6-14-11/h1,5-6H,4,7H2,2H3. The third kappa shape index (κ3) is 2.40. The Kier molecular flexibility index (Phi) is 3.97. The number of pyridine rings is 1. The van der Waals surface area contributed by atoms with Gasteiger partial charge in [-0.25, -0.2) is 4.98 Å². The van der Waals surface area contributed by atoms with Crippen molar-refractivity contribution in [1.29, 1.82) is 5.26 Å². The van der Waals surface area contributed by atoms with Crippen molar-refractivity contribution < 1.29 is 0 Å². The van der Waals surface area contributed by atoms with Gasteiger partial charge in [0.05, 0.1) is 12.1 Å². The highest BCUT2D eigenvalue weighted by Crippen LogP contribution is 2.25. The Morgan fingerprint density at radius 3 is 2.93 bits per heavy atom. The molecule has 0 radical (unpaired) electrons. The lowest BCUT2D eigenvalue weighted by molar-refractivity contribution is 0.893. The number of hydrogen-bond donors (Lipinski definition) is 0. The Hall–Kier alpha value is -1.71. The van der Waals surface area contributed by atoms with E-state index in [1.54, 1.807) is 12.3 Å². The minimum absolute atomic E-state index is 0.358. The molecule has 0 spiro atoms. The average Bonchev–Trinajstić information content (AvgIpc) is 2.27. The quantitative estimate of drug-likeness (QED) is 0.731. The molecule has 1 rings (SSSR count). The summed E-state index contributed by atoms with van der Waals surface area (Å²) in [5.41, 5.74) is 0.414. The van der Waals surface area contributed by atoms with Gasteiger partial charge in [-0.05, 0) is 13.0 Å². The van der Waals surface area contributed by atoms with Crippen LogP contribution in [0.2, 0.25) is 5.02 Å². The molecule has 0 amide bonds. The number of nitrogens with zero attached hydrogens (tertiary/aromatic N) is 3. The van der Waals surface area contributed by atoms with Crippen LogP contribution in [-0.4, -0.2) is 18.1 Å². The lowest BCUT2D eigenvalue weighted by atomic mass is 10.2. The summed E-state index contributed by atoms with van der Waals surface area (Å²) in [7, 11) is 0. The summed E-state index contributed by atoms with van der Waals surface area (Å²) in [6.07, 6.45) is 6.79. The van der Waals surface area contributed by atoms with E-state index in [9.17, 15) is 0 Å². The Morgan fingerprint density at radius 1 is 1.67 bits per heavy atom. The second-order valence-electron chi connectivity index (χ2n) is 2.83. The van der Waals surface area contributed by atoms with Crippen LogP contribution in [0.5, 0.6) is 0 Å². The predicted molar refractivity (Wildman–Crippen MR) is 60.7 cm³/mol. The Morgan fingerprint density at radius 2 is 2.40 bits per heavy atom. The number of hydrogen-bond acceptors (Lipinski definition) is 3. The number of aromatic nitrogens is 1. The van der Waals surface area contributed by atoms with Crippen LogP contribution in [0.4, 0.5) is 5.82 Å². The largest absolute Gasteiger partial charge is 0.344 e. The molecule has 0 aliphatic carbocycles. The van der Waals surface area contributed by atoms with Gasteiger partial charge in [-0.15, -0.1) is 6.42 Å². The highest BCUT2D eigenvalue weighted by molar-refractivity contribution is 6.34. The molecule has 15 heavy (non-hydrogen) atoms. The molecule has 0 aliphatic heterocycles. The first-order valence-electron chi connectivity index (χ1n) is 4.47. The molecule has 0 N–H and O–H groups in total. The number of halogens is 1. The molecule has 1 heterocycles. The zero-order valence-electron chi connectivity index (χ0n) is 8.37. The normalized spacial score (nSPS) is 9.07. The maximum atomic E-state index is 8.81. The monoisotopic (exact) mass is 219 g/mol. The second kappa shape index (κ2) is 5.24. The molecule has 0 saturated heterocycles. The molecule has 0 atom stereocenters. The van der Waals surface area contributed by atoms with Crippen LogP contribution in [0, 0.1) is 23.7 Å². The maximum absolute atomic E-state index is 8.81. The number of anilines is 1. The van der Waals surface area contributed by atoms with E-state index >= 15 is 0 Å². The Bertz CT molecular complexity index is 428. The van der Waals surface area contributed by atoms with Gasteiger partial charge in [-0.1, -0.05) is 17.5 Å². The molecule has 0 aliphatic rings. The molecule has 1 aromatic heterocycles. The van der Waals surface area contributed by atoms with Crippen molar-refractivity contribution in [2.75, 3.05) is 18.0 Å². The van der Waals surface area contributed by atoms with E-state index in [1.165, 1.54) is 0 Å². The summed E-state index contributed by atoms with van der Waals surface area (Å²) in [5.74, 6) is 3.09. The number of rotatable bonds is 3. The molecule has 0 aromatic carbocycles. The summed E-state index contributed by atoms with van der Waals surface area (Å²) in [5, 5.41) is 9.16. The van der Waals surface area contributed by atoms with Gasteiger partial charge in [-0.2, -0.15) is 5.26 Å². The van der Waals surface area contributed by atoms with Gasteiger partial charge in [0.2, 0.25) is 0 Å². The molecule has 0 unspecified atom stereocenters. The van der Waals surface area contributed by atoms with E-state index in [1.807, 2.05) is 17.9 Å². The third-order valence-corrected chi connectivity index (χ3v) is 2.33. The third-order valence-electron chi connectivity index (χ3n) is 1.95. The van der Waals surface area contributed by atoms with Crippen molar-refractivity contribution >= 4 is 17.4 Å². The highest BCUT2D eigenvalue weighted by atomic mass is 35.5. The summed E-state index contributed by atoms with van der Waals surface area (Å²) in [6.45, 7) is 3.08. The van der Waals surface area contributed by atoms with Gasteiger partial charge in [0.25, 0.3) is 0 Å². The van der Waals surface area contributed by atoms with Crippen molar-refractivity contribution in [1.82, 2.24) is 4.98 Å². The minimum atomic E-state index is 0.358. The van der Waals surface area contributed by atoms with E-state index in [0.717, 1.165) is 0 Å². The zero-order valence-corrected chi connectivity index (χ0v) is 9.12. The van der Waals surface area contributed by atoms with Gasteiger partial charge in [0.1, 0.15) is 16.9 Å². The lowest BCUT2D eigenvalue weighted by Gasteiger charge is -2.20. The molecule has 3 nitrogen and oxygen atoms in total. The van der Waals surface area contributed by atoms with Crippen molar-refractivity contribution in [2.45, 2.75) is 6.92 Å². The van der Waals surface area contributed by atoms with Crippen LogP contribution < -0.4 is 4.90 Å². The fourth-order valence-electron chi connectivity index (χ4n) is 1.19. The first kappa shape index (κ1) is 11.4. The second-order valence-corrected chi connectivity index (χ2v) is 3.20. The van der Waals surface area contributed by atoms with Crippen molar-refractivity contribution in [3.05, 3.63) is 22.8 Å². The van der Waals surface area contributed by atoms with E-state index in [-0.39, 0.29) is 0 Å². The van der Waals surface area contributed by atoms with Gasteiger partial charge in [0, 0.05) is 12.7 Å². The summed E-state index contributed by atoms with van der Waals surface area (Å²) in [6, 6.07) is 3.59. The first-order valence-corrected chi connectivity index (χ1v) is 4.85.